The lowest BCUT2D eigenvalue weighted by Crippen LogP contribution is -2.37. The number of aryl methyl sites for hydroxylation is 1. The Morgan fingerprint density at radius 3 is 2.62 bits per heavy atom. The Labute approximate surface area is 186 Å². The van der Waals surface area contributed by atoms with E-state index in [-0.39, 0.29) is 29.4 Å². The highest BCUT2D eigenvalue weighted by Crippen LogP contribution is 2.23. The first kappa shape index (κ1) is 21.2. The van der Waals surface area contributed by atoms with Gasteiger partial charge in [0.25, 0.3) is 11.5 Å². The van der Waals surface area contributed by atoms with Crippen molar-refractivity contribution in [3.8, 4) is 11.4 Å². The van der Waals surface area contributed by atoms with Gasteiger partial charge in [-0.2, -0.15) is 9.77 Å². The highest BCUT2D eigenvalue weighted by molar-refractivity contribution is 6.30. The number of carbonyl (C=O) groups excluding carboxylic acids is 1. The van der Waals surface area contributed by atoms with Crippen LogP contribution in [0.2, 0.25) is 5.02 Å². The molecule has 10 nitrogen and oxygen atoms in total. The molecule has 162 valence electrons. The molecule has 2 aromatic heterocycles. The smallest absolute Gasteiger partial charge is 0.271 e. The Hall–Kier alpha value is -4.05. The van der Waals surface area contributed by atoms with E-state index in [2.05, 4.69) is 15.5 Å². The van der Waals surface area contributed by atoms with E-state index in [1.807, 2.05) is 0 Å². The maximum atomic E-state index is 13.2. The van der Waals surface area contributed by atoms with Crippen molar-refractivity contribution in [2.75, 3.05) is 5.43 Å². The molecule has 0 saturated carbocycles. The molecule has 0 aliphatic rings. The van der Waals surface area contributed by atoms with Crippen molar-refractivity contribution in [3.63, 3.8) is 0 Å². The number of carbonyl (C=O) groups is 1. The number of amides is 1. The first-order valence-corrected chi connectivity index (χ1v) is 9.90. The Balaban J connectivity index is 1.77. The van der Waals surface area contributed by atoms with Crippen LogP contribution in [0.15, 0.2) is 53.3 Å². The van der Waals surface area contributed by atoms with Crippen molar-refractivity contribution in [2.45, 2.75) is 20.4 Å². The summed E-state index contributed by atoms with van der Waals surface area (Å²) < 4.78 is 2.28. The fourth-order valence-electron chi connectivity index (χ4n) is 3.46. The van der Waals surface area contributed by atoms with Crippen molar-refractivity contribution in [1.82, 2.24) is 19.4 Å². The molecule has 0 aliphatic carbocycles. The average Bonchev–Trinajstić information content (AvgIpc) is 3.02. The second-order valence-corrected chi connectivity index (χ2v) is 7.51. The summed E-state index contributed by atoms with van der Waals surface area (Å²) in [7, 11) is 0. The summed E-state index contributed by atoms with van der Waals surface area (Å²) >= 11 is 6.11. The van der Waals surface area contributed by atoms with Crippen molar-refractivity contribution in [1.29, 1.82) is 0 Å². The third-order valence-electron chi connectivity index (χ3n) is 4.91. The van der Waals surface area contributed by atoms with E-state index < -0.39 is 16.4 Å². The number of halogens is 1. The van der Waals surface area contributed by atoms with Gasteiger partial charge < -0.3 is 0 Å². The first-order chi connectivity index (χ1) is 15.3. The Morgan fingerprint density at radius 1 is 1.19 bits per heavy atom. The summed E-state index contributed by atoms with van der Waals surface area (Å²) in [4.78, 5) is 41.2. The number of hydrogen-bond acceptors (Lipinski definition) is 6. The molecule has 11 heteroatoms. The molecule has 0 aliphatic heterocycles. The second kappa shape index (κ2) is 8.23. The SMILES string of the molecule is Cc1nn(CC(=O)Nn2c(-c3cccc(Cl)c3)nc3ccccc3c2=O)c(C)c1[N+](=O)[O-]. The summed E-state index contributed by atoms with van der Waals surface area (Å²) in [5.41, 5.74) is 3.36. The minimum Gasteiger partial charge on any atom is -0.271 e. The standard InChI is InChI=1S/C21H17ClN6O4/c1-12-19(28(31)32)13(2)26(24-12)11-18(29)25-27-20(14-6-5-7-15(22)10-14)23-17-9-4-3-8-16(17)21(27)30/h3-10H,11H2,1-2H3,(H,25,29). The zero-order valence-electron chi connectivity index (χ0n) is 17.1. The Morgan fingerprint density at radius 2 is 1.94 bits per heavy atom. The molecule has 2 heterocycles. The van der Waals surface area contributed by atoms with Gasteiger partial charge in [0.15, 0.2) is 5.82 Å². The van der Waals surface area contributed by atoms with E-state index >= 15 is 0 Å². The van der Waals surface area contributed by atoms with Gasteiger partial charge in [0, 0.05) is 10.6 Å². The molecule has 0 atom stereocenters. The average molecular weight is 453 g/mol. The van der Waals surface area contributed by atoms with Crippen molar-refractivity contribution in [3.05, 3.63) is 85.4 Å². The van der Waals surface area contributed by atoms with Crippen molar-refractivity contribution < 1.29 is 9.72 Å². The number of rotatable bonds is 5. The number of aromatic nitrogens is 4. The van der Waals surface area contributed by atoms with Gasteiger partial charge in [0.1, 0.15) is 17.9 Å². The minimum absolute atomic E-state index is 0.151. The molecule has 1 N–H and O–H groups in total. The van der Waals surface area contributed by atoms with Crippen LogP contribution >= 0.6 is 11.6 Å². The normalized spacial score (nSPS) is 11.0. The minimum atomic E-state index is -0.604. The number of nitro groups is 1. The largest absolute Gasteiger partial charge is 0.312 e. The molecule has 0 bridgehead atoms. The monoisotopic (exact) mass is 452 g/mol. The summed E-state index contributed by atoms with van der Waals surface area (Å²) in [6.07, 6.45) is 0. The van der Waals surface area contributed by atoms with Gasteiger partial charge in [-0.25, -0.2) is 4.98 Å². The predicted octanol–water partition coefficient (Wildman–Crippen LogP) is 3.21. The first-order valence-electron chi connectivity index (χ1n) is 9.52. The van der Waals surface area contributed by atoms with Crippen LogP contribution in [0.1, 0.15) is 11.4 Å². The molecule has 0 radical (unpaired) electrons. The van der Waals surface area contributed by atoms with Gasteiger partial charge in [-0.05, 0) is 38.1 Å². The fraction of sp³-hybridized carbons (Fsp3) is 0.143. The molecule has 1 amide bonds. The molecule has 0 unspecified atom stereocenters. The van der Waals surface area contributed by atoms with Crippen molar-refractivity contribution >= 4 is 34.1 Å². The van der Waals surface area contributed by atoms with E-state index in [0.717, 1.165) is 4.68 Å². The third kappa shape index (κ3) is 3.83. The molecule has 0 spiro atoms. The van der Waals surface area contributed by atoms with Gasteiger partial charge in [-0.1, -0.05) is 35.9 Å². The molecule has 2 aromatic carbocycles. The van der Waals surface area contributed by atoms with Gasteiger partial charge in [-0.15, -0.1) is 0 Å². The number of para-hydroxylation sites is 1. The van der Waals surface area contributed by atoms with E-state index in [1.54, 1.807) is 48.5 Å². The number of nitrogens with zero attached hydrogens (tertiary/aromatic N) is 5. The van der Waals surface area contributed by atoms with E-state index in [1.165, 1.54) is 18.5 Å². The maximum absolute atomic E-state index is 13.2. The Kier molecular flexibility index (Phi) is 5.45. The van der Waals surface area contributed by atoms with Crippen LogP contribution in [-0.2, 0) is 11.3 Å². The van der Waals surface area contributed by atoms with Crippen LogP contribution in [0, 0.1) is 24.0 Å². The summed E-state index contributed by atoms with van der Waals surface area (Å²) in [6.45, 7) is 2.68. The summed E-state index contributed by atoms with van der Waals surface area (Å²) in [5.74, 6) is -0.406. The van der Waals surface area contributed by atoms with Crippen LogP contribution in [0.25, 0.3) is 22.3 Å². The van der Waals surface area contributed by atoms with Crippen molar-refractivity contribution in [2.24, 2.45) is 0 Å². The van der Waals surface area contributed by atoms with E-state index in [0.29, 0.717) is 21.5 Å². The highest BCUT2D eigenvalue weighted by Gasteiger charge is 2.23. The van der Waals surface area contributed by atoms with E-state index in [4.69, 9.17) is 11.6 Å². The summed E-state index contributed by atoms with van der Waals surface area (Å²) in [6, 6.07) is 13.5. The molecule has 0 fully saturated rings. The molecule has 4 rings (SSSR count). The molecule has 0 saturated heterocycles. The van der Waals surface area contributed by atoms with Gasteiger partial charge in [0.05, 0.1) is 15.8 Å². The number of nitrogens with one attached hydrogen (secondary N) is 1. The lowest BCUT2D eigenvalue weighted by molar-refractivity contribution is -0.386. The number of fused-ring (bicyclic) bond motifs is 1. The van der Waals surface area contributed by atoms with Crippen LogP contribution in [0.3, 0.4) is 0 Å². The lowest BCUT2D eigenvalue weighted by atomic mass is 10.2. The lowest BCUT2D eigenvalue weighted by Gasteiger charge is -2.15. The van der Waals surface area contributed by atoms with Crippen LogP contribution in [0.4, 0.5) is 5.69 Å². The summed E-state index contributed by atoms with van der Waals surface area (Å²) in [5, 5.41) is 16.1. The van der Waals surface area contributed by atoms with Gasteiger partial charge in [0.2, 0.25) is 0 Å². The topological polar surface area (TPSA) is 125 Å². The molecular formula is C21H17ClN6O4. The second-order valence-electron chi connectivity index (χ2n) is 7.07. The fourth-order valence-corrected chi connectivity index (χ4v) is 3.65. The third-order valence-corrected chi connectivity index (χ3v) is 5.15. The quantitative estimate of drug-likeness (QED) is 0.366. The number of benzene rings is 2. The van der Waals surface area contributed by atoms with Gasteiger partial charge >= 0.3 is 5.69 Å². The zero-order chi connectivity index (χ0) is 23.0. The predicted molar refractivity (Wildman–Crippen MR) is 119 cm³/mol. The molecule has 4 aromatic rings. The molecule has 32 heavy (non-hydrogen) atoms. The van der Waals surface area contributed by atoms with Gasteiger partial charge in [-0.3, -0.25) is 29.8 Å². The number of hydrogen-bond donors (Lipinski definition) is 1. The maximum Gasteiger partial charge on any atom is 0.312 e. The van der Waals surface area contributed by atoms with E-state index in [9.17, 15) is 19.7 Å². The molecular weight excluding hydrogens is 436 g/mol. The highest BCUT2D eigenvalue weighted by atomic mass is 35.5. The van der Waals surface area contributed by atoms with Crippen LogP contribution in [-0.4, -0.2) is 30.3 Å². The van der Waals surface area contributed by atoms with Crippen LogP contribution in [0.5, 0.6) is 0 Å². The Bertz CT molecular complexity index is 1440. The zero-order valence-corrected chi connectivity index (χ0v) is 17.8. The van der Waals surface area contributed by atoms with Crippen LogP contribution < -0.4 is 11.0 Å².